The number of aromatic nitrogens is 2. The highest BCUT2D eigenvalue weighted by Crippen LogP contribution is 2.32. The maximum absolute atomic E-state index is 5.52. The lowest BCUT2D eigenvalue weighted by Gasteiger charge is -2.15. The SMILES string of the molecule is Cc1cc(C)nc(NC(=NCc2ccc3c(c2)OCO3)NC(=S)Nc2ccccc2C)n1. The summed E-state index contributed by atoms with van der Waals surface area (Å²) in [5.41, 5.74) is 4.69. The van der Waals surface area contributed by atoms with Gasteiger partial charge in [-0.2, -0.15) is 0 Å². The molecule has 164 valence electrons. The van der Waals surface area contributed by atoms with Crippen LogP contribution >= 0.6 is 12.2 Å². The number of benzene rings is 2. The second kappa shape index (κ2) is 9.61. The van der Waals surface area contributed by atoms with Crippen molar-refractivity contribution in [2.45, 2.75) is 27.3 Å². The Labute approximate surface area is 192 Å². The van der Waals surface area contributed by atoms with Crippen molar-refractivity contribution in [2.24, 2.45) is 4.99 Å². The molecule has 1 aliphatic heterocycles. The third-order valence-electron chi connectivity index (χ3n) is 4.69. The summed E-state index contributed by atoms with van der Waals surface area (Å²) in [6, 6.07) is 15.6. The van der Waals surface area contributed by atoms with Crippen molar-refractivity contribution in [3.63, 3.8) is 0 Å². The first-order valence-electron chi connectivity index (χ1n) is 10.1. The van der Waals surface area contributed by atoms with Crippen molar-refractivity contribution in [1.82, 2.24) is 15.3 Å². The van der Waals surface area contributed by atoms with Crippen molar-refractivity contribution in [3.8, 4) is 11.5 Å². The molecule has 3 aromatic rings. The number of hydrogen-bond acceptors (Lipinski definition) is 6. The number of anilines is 2. The standard InChI is InChI=1S/C23H24N6O2S/c1-14-6-4-5-7-18(14)27-23(32)29-21(28-22-25-15(2)10-16(3)26-22)24-12-17-8-9-19-20(11-17)31-13-30-19/h4-11H,12-13H2,1-3H3,(H3,24,25,26,27,28,29,32). The van der Waals surface area contributed by atoms with E-state index in [1.54, 1.807) is 0 Å². The molecule has 0 atom stereocenters. The molecule has 0 bridgehead atoms. The first-order chi connectivity index (χ1) is 15.5. The van der Waals surface area contributed by atoms with Crippen LogP contribution in [0.2, 0.25) is 0 Å². The fraction of sp³-hybridized carbons (Fsp3) is 0.217. The Bertz CT molecular complexity index is 1160. The zero-order valence-corrected chi connectivity index (χ0v) is 18.9. The number of hydrogen-bond donors (Lipinski definition) is 3. The molecule has 3 N–H and O–H groups in total. The highest BCUT2D eigenvalue weighted by molar-refractivity contribution is 7.80. The third-order valence-corrected chi connectivity index (χ3v) is 4.90. The van der Waals surface area contributed by atoms with Crippen LogP contribution in [0.15, 0.2) is 53.5 Å². The number of ether oxygens (including phenoxy) is 2. The molecule has 0 spiro atoms. The first kappa shape index (κ1) is 21.5. The predicted molar refractivity (Wildman–Crippen MR) is 129 cm³/mol. The quantitative estimate of drug-likeness (QED) is 0.312. The summed E-state index contributed by atoms with van der Waals surface area (Å²) in [4.78, 5) is 13.5. The Hall–Kier alpha value is -3.72. The summed E-state index contributed by atoms with van der Waals surface area (Å²) in [6.07, 6.45) is 0. The van der Waals surface area contributed by atoms with Crippen molar-refractivity contribution < 1.29 is 9.47 Å². The van der Waals surface area contributed by atoms with Gasteiger partial charge < -0.3 is 20.1 Å². The largest absolute Gasteiger partial charge is 0.454 e. The van der Waals surface area contributed by atoms with Crippen molar-refractivity contribution >= 4 is 34.9 Å². The van der Waals surface area contributed by atoms with Crippen LogP contribution in [-0.2, 0) is 6.54 Å². The van der Waals surface area contributed by atoms with Gasteiger partial charge in [-0.3, -0.25) is 5.32 Å². The molecule has 9 heteroatoms. The zero-order valence-electron chi connectivity index (χ0n) is 18.1. The summed E-state index contributed by atoms with van der Waals surface area (Å²) in [7, 11) is 0. The van der Waals surface area contributed by atoms with E-state index in [1.807, 2.05) is 69.3 Å². The van der Waals surface area contributed by atoms with Gasteiger partial charge in [0.2, 0.25) is 18.7 Å². The fourth-order valence-corrected chi connectivity index (χ4v) is 3.39. The van der Waals surface area contributed by atoms with Crippen LogP contribution in [0.4, 0.5) is 11.6 Å². The summed E-state index contributed by atoms with van der Waals surface area (Å²) in [5, 5.41) is 9.88. The third kappa shape index (κ3) is 5.50. The lowest BCUT2D eigenvalue weighted by atomic mass is 10.2. The highest BCUT2D eigenvalue weighted by Gasteiger charge is 2.13. The fourth-order valence-electron chi connectivity index (χ4n) is 3.18. The number of nitrogens with one attached hydrogen (secondary N) is 3. The van der Waals surface area contributed by atoms with E-state index in [-0.39, 0.29) is 6.79 Å². The van der Waals surface area contributed by atoms with Crippen LogP contribution in [0.1, 0.15) is 22.5 Å². The number of fused-ring (bicyclic) bond motifs is 1. The Morgan fingerprint density at radius 2 is 1.72 bits per heavy atom. The van der Waals surface area contributed by atoms with E-state index in [0.717, 1.165) is 39.7 Å². The topological polar surface area (TPSA) is 92.7 Å². The molecule has 8 nitrogen and oxygen atoms in total. The van der Waals surface area contributed by atoms with Gasteiger partial charge in [0, 0.05) is 17.1 Å². The molecule has 1 aliphatic rings. The number of nitrogens with zero attached hydrogens (tertiary/aromatic N) is 3. The van der Waals surface area contributed by atoms with Crippen LogP contribution in [0.25, 0.3) is 0 Å². The van der Waals surface area contributed by atoms with Gasteiger partial charge in [-0.25, -0.2) is 15.0 Å². The summed E-state index contributed by atoms with van der Waals surface area (Å²) in [5.74, 6) is 2.33. The maximum atomic E-state index is 5.52. The van der Waals surface area contributed by atoms with E-state index >= 15 is 0 Å². The minimum Gasteiger partial charge on any atom is -0.454 e. The molecule has 2 heterocycles. The second-order valence-corrected chi connectivity index (χ2v) is 7.75. The molecule has 0 saturated heterocycles. The van der Waals surface area contributed by atoms with E-state index in [2.05, 4.69) is 30.9 Å². The monoisotopic (exact) mass is 448 g/mol. The molecule has 2 aromatic carbocycles. The summed E-state index contributed by atoms with van der Waals surface area (Å²) in [6.45, 7) is 6.48. The lowest BCUT2D eigenvalue weighted by Crippen LogP contribution is -2.39. The van der Waals surface area contributed by atoms with Crippen molar-refractivity contribution in [3.05, 3.63) is 71.0 Å². The predicted octanol–water partition coefficient (Wildman–Crippen LogP) is 4.09. The molecular formula is C23H24N6O2S. The van der Waals surface area contributed by atoms with E-state index in [1.165, 1.54) is 0 Å². The van der Waals surface area contributed by atoms with Crippen LogP contribution in [0, 0.1) is 20.8 Å². The Kier molecular flexibility index (Phi) is 6.46. The van der Waals surface area contributed by atoms with E-state index in [9.17, 15) is 0 Å². The van der Waals surface area contributed by atoms with Gasteiger partial charge in [0.05, 0.1) is 6.54 Å². The molecule has 32 heavy (non-hydrogen) atoms. The number of rotatable bonds is 4. The van der Waals surface area contributed by atoms with Crippen molar-refractivity contribution in [1.29, 1.82) is 0 Å². The van der Waals surface area contributed by atoms with Crippen molar-refractivity contribution in [2.75, 3.05) is 17.4 Å². The number of thiocarbonyl (C=S) groups is 1. The first-order valence-corrected chi connectivity index (χ1v) is 10.5. The minimum absolute atomic E-state index is 0.235. The normalized spacial score (nSPS) is 12.4. The van der Waals surface area contributed by atoms with Crippen LogP contribution in [0.5, 0.6) is 11.5 Å². The lowest BCUT2D eigenvalue weighted by molar-refractivity contribution is 0.174. The average Bonchev–Trinajstić information content (AvgIpc) is 3.21. The molecule has 0 fully saturated rings. The van der Waals surface area contributed by atoms with E-state index < -0.39 is 0 Å². The Morgan fingerprint density at radius 3 is 2.50 bits per heavy atom. The molecular weight excluding hydrogens is 424 g/mol. The zero-order chi connectivity index (χ0) is 22.5. The minimum atomic E-state index is 0.235. The molecule has 0 amide bonds. The van der Waals surface area contributed by atoms with E-state index in [4.69, 9.17) is 21.7 Å². The smallest absolute Gasteiger partial charge is 0.231 e. The Morgan fingerprint density at radius 1 is 0.969 bits per heavy atom. The molecule has 1 aromatic heterocycles. The van der Waals surface area contributed by atoms with Gasteiger partial charge in [0.1, 0.15) is 0 Å². The summed E-state index contributed by atoms with van der Waals surface area (Å²) >= 11 is 5.52. The van der Waals surface area contributed by atoms with Crippen LogP contribution in [0.3, 0.4) is 0 Å². The summed E-state index contributed by atoms with van der Waals surface area (Å²) < 4.78 is 10.8. The molecule has 0 saturated carbocycles. The molecule has 4 rings (SSSR count). The van der Waals surface area contributed by atoms with Gasteiger partial charge in [-0.1, -0.05) is 24.3 Å². The molecule has 0 aliphatic carbocycles. The highest BCUT2D eigenvalue weighted by atomic mass is 32.1. The molecule has 0 radical (unpaired) electrons. The van der Waals surface area contributed by atoms with Gasteiger partial charge in [-0.15, -0.1) is 0 Å². The number of para-hydroxylation sites is 1. The van der Waals surface area contributed by atoms with Crippen LogP contribution in [-0.4, -0.2) is 27.8 Å². The Balaban J connectivity index is 1.53. The number of aliphatic imine (C=N–C) groups is 1. The second-order valence-electron chi connectivity index (χ2n) is 7.35. The number of guanidine groups is 1. The van der Waals surface area contributed by atoms with Gasteiger partial charge >= 0.3 is 0 Å². The number of aryl methyl sites for hydroxylation is 3. The van der Waals surface area contributed by atoms with Crippen LogP contribution < -0.4 is 25.4 Å². The van der Waals surface area contributed by atoms with E-state index in [0.29, 0.717) is 23.6 Å². The average molecular weight is 449 g/mol. The van der Waals surface area contributed by atoms with Gasteiger partial charge in [-0.05, 0) is 68.4 Å². The maximum Gasteiger partial charge on any atom is 0.231 e. The van der Waals surface area contributed by atoms with Gasteiger partial charge in [0.25, 0.3) is 0 Å². The van der Waals surface area contributed by atoms with Gasteiger partial charge in [0.15, 0.2) is 16.6 Å². The molecule has 0 unspecified atom stereocenters.